The van der Waals surface area contributed by atoms with E-state index in [0.29, 0.717) is 19.8 Å². The minimum atomic E-state index is 0. The zero-order chi connectivity index (χ0) is 18.1. The molecule has 26 heavy (non-hydrogen) atoms. The number of nitrogens with one attached hydrogen (secondary N) is 2. The number of para-hydroxylation sites is 1. The molecule has 2 rings (SSSR count). The van der Waals surface area contributed by atoms with Crippen molar-refractivity contribution >= 4 is 29.9 Å². The molecule has 7 heteroatoms. The monoisotopic (exact) mass is 477 g/mol. The predicted octanol–water partition coefficient (Wildman–Crippen LogP) is 2.25. The Bertz CT molecular complexity index is 555. The van der Waals surface area contributed by atoms with Crippen LogP contribution in [0.5, 0.6) is 5.75 Å². The molecular weight excluding hydrogens is 445 g/mol. The number of nitrogens with zero attached hydrogens (tertiary/aromatic N) is 1. The zero-order valence-electron chi connectivity index (χ0n) is 16.0. The Balaban J connectivity index is 0.00000338. The molecule has 1 fully saturated rings. The van der Waals surface area contributed by atoms with Crippen LogP contribution in [0.3, 0.4) is 0 Å². The van der Waals surface area contributed by atoms with E-state index in [4.69, 9.17) is 9.47 Å². The van der Waals surface area contributed by atoms with E-state index in [-0.39, 0.29) is 36.0 Å². The van der Waals surface area contributed by atoms with Crippen molar-refractivity contribution in [2.45, 2.75) is 26.7 Å². The first kappa shape index (κ1) is 23.0. The molecule has 0 radical (unpaired) electrons. The Hall–Kier alpha value is -1.06. The number of hydrogen-bond acceptors (Lipinski definition) is 4. The third-order valence-corrected chi connectivity index (χ3v) is 4.73. The van der Waals surface area contributed by atoms with E-state index in [1.165, 1.54) is 0 Å². The highest BCUT2D eigenvalue weighted by Gasteiger charge is 2.34. The lowest BCUT2D eigenvalue weighted by Gasteiger charge is -2.27. The highest BCUT2D eigenvalue weighted by molar-refractivity contribution is 14.0. The third-order valence-electron chi connectivity index (χ3n) is 4.73. The lowest BCUT2D eigenvalue weighted by atomic mass is 9.84. The Morgan fingerprint density at radius 2 is 2.04 bits per heavy atom. The first-order valence-corrected chi connectivity index (χ1v) is 8.92. The van der Waals surface area contributed by atoms with E-state index in [2.05, 4.69) is 41.6 Å². The fourth-order valence-corrected chi connectivity index (χ4v) is 3.15. The van der Waals surface area contributed by atoms with Gasteiger partial charge >= 0.3 is 0 Å². The molecule has 0 spiro atoms. The largest absolute Gasteiger partial charge is 0.491 e. The maximum atomic E-state index is 9.29. The number of aliphatic hydroxyl groups is 1. The molecule has 0 aromatic heterocycles. The maximum absolute atomic E-state index is 9.29. The Morgan fingerprint density at radius 1 is 1.31 bits per heavy atom. The first-order chi connectivity index (χ1) is 12.1. The molecule has 0 aliphatic carbocycles. The minimum absolute atomic E-state index is 0. The number of ether oxygens (including phenoxy) is 2. The van der Waals surface area contributed by atoms with Crippen molar-refractivity contribution in [3.8, 4) is 5.75 Å². The molecule has 1 aromatic carbocycles. The minimum Gasteiger partial charge on any atom is -0.491 e. The summed E-state index contributed by atoms with van der Waals surface area (Å²) in [5.74, 6) is 1.70. The Kier molecular flexibility index (Phi) is 10.3. The molecule has 1 aliphatic rings. The molecule has 0 bridgehead atoms. The summed E-state index contributed by atoms with van der Waals surface area (Å²) in [5.41, 5.74) is 2.30. The second-order valence-electron chi connectivity index (χ2n) is 6.70. The van der Waals surface area contributed by atoms with Gasteiger partial charge in [0.1, 0.15) is 12.4 Å². The fraction of sp³-hybridized carbons (Fsp3) is 0.632. The predicted molar refractivity (Wildman–Crippen MR) is 116 cm³/mol. The van der Waals surface area contributed by atoms with E-state index in [9.17, 15) is 5.11 Å². The van der Waals surface area contributed by atoms with Crippen LogP contribution in [0.1, 0.15) is 24.0 Å². The number of halogens is 1. The van der Waals surface area contributed by atoms with Crippen LogP contribution in [0, 0.1) is 19.3 Å². The average Bonchev–Trinajstić information content (AvgIpc) is 3.05. The van der Waals surface area contributed by atoms with Crippen LogP contribution in [-0.2, 0) is 4.74 Å². The smallest absolute Gasteiger partial charge is 0.191 e. The Labute approximate surface area is 173 Å². The number of hydrogen-bond donors (Lipinski definition) is 3. The van der Waals surface area contributed by atoms with E-state index in [1.54, 1.807) is 7.05 Å². The first-order valence-electron chi connectivity index (χ1n) is 8.92. The van der Waals surface area contributed by atoms with E-state index >= 15 is 0 Å². The number of rotatable bonds is 8. The van der Waals surface area contributed by atoms with Gasteiger partial charge in [-0.25, -0.2) is 0 Å². The van der Waals surface area contributed by atoms with E-state index in [0.717, 1.165) is 48.8 Å². The molecule has 1 unspecified atom stereocenters. The summed E-state index contributed by atoms with van der Waals surface area (Å²) in [6, 6.07) is 6.15. The van der Waals surface area contributed by atoms with Gasteiger partial charge in [-0.2, -0.15) is 0 Å². The highest BCUT2D eigenvalue weighted by atomic mass is 127. The van der Waals surface area contributed by atoms with Gasteiger partial charge in [0.05, 0.1) is 13.2 Å². The van der Waals surface area contributed by atoms with Crippen molar-refractivity contribution in [2.24, 2.45) is 10.4 Å². The van der Waals surface area contributed by atoms with Crippen LogP contribution in [0.15, 0.2) is 23.2 Å². The topological polar surface area (TPSA) is 75.1 Å². The van der Waals surface area contributed by atoms with Gasteiger partial charge in [0.2, 0.25) is 0 Å². The van der Waals surface area contributed by atoms with Crippen molar-refractivity contribution in [1.29, 1.82) is 0 Å². The van der Waals surface area contributed by atoms with Gasteiger partial charge in [-0.1, -0.05) is 18.2 Å². The average molecular weight is 477 g/mol. The lowest BCUT2D eigenvalue weighted by Crippen LogP contribution is -2.45. The van der Waals surface area contributed by atoms with Crippen molar-refractivity contribution < 1.29 is 14.6 Å². The van der Waals surface area contributed by atoms with Gasteiger partial charge in [-0.3, -0.25) is 4.99 Å². The summed E-state index contributed by atoms with van der Waals surface area (Å²) in [5, 5.41) is 15.9. The fourth-order valence-electron chi connectivity index (χ4n) is 3.15. The summed E-state index contributed by atoms with van der Waals surface area (Å²) in [4.78, 5) is 4.26. The SMILES string of the molecule is CN=C(NCCOc1c(C)cccc1C)NCC1(CCO)CCOC1.I. The molecule has 0 saturated carbocycles. The van der Waals surface area contributed by atoms with Gasteiger partial charge in [0.25, 0.3) is 0 Å². The molecular formula is C19H32IN3O3. The van der Waals surface area contributed by atoms with Gasteiger partial charge in [-0.15, -0.1) is 24.0 Å². The van der Waals surface area contributed by atoms with Crippen LogP contribution in [0.25, 0.3) is 0 Å². The molecule has 6 nitrogen and oxygen atoms in total. The second-order valence-corrected chi connectivity index (χ2v) is 6.70. The van der Waals surface area contributed by atoms with Gasteiger partial charge < -0.3 is 25.2 Å². The van der Waals surface area contributed by atoms with Crippen LogP contribution in [-0.4, -0.2) is 57.6 Å². The lowest BCUT2D eigenvalue weighted by molar-refractivity contribution is 0.127. The van der Waals surface area contributed by atoms with Crippen molar-refractivity contribution in [1.82, 2.24) is 10.6 Å². The maximum Gasteiger partial charge on any atom is 0.191 e. The number of guanidine groups is 1. The summed E-state index contributed by atoms with van der Waals surface area (Å²) >= 11 is 0. The van der Waals surface area contributed by atoms with Gasteiger partial charge in [0, 0.05) is 32.2 Å². The van der Waals surface area contributed by atoms with Crippen LogP contribution < -0.4 is 15.4 Å². The van der Waals surface area contributed by atoms with Gasteiger partial charge in [0.15, 0.2) is 5.96 Å². The number of aliphatic hydroxyl groups excluding tert-OH is 1. The molecule has 148 valence electrons. The number of aryl methyl sites for hydroxylation is 2. The van der Waals surface area contributed by atoms with Crippen LogP contribution >= 0.6 is 24.0 Å². The van der Waals surface area contributed by atoms with E-state index in [1.807, 2.05) is 6.07 Å². The van der Waals surface area contributed by atoms with Gasteiger partial charge in [-0.05, 0) is 37.8 Å². The molecule has 3 N–H and O–H groups in total. The normalized spacial score (nSPS) is 19.8. The quantitative estimate of drug-likeness (QED) is 0.232. The van der Waals surface area contributed by atoms with E-state index < -0.39 is 0 Å². The Morgan fingerprint density at radius 3 is 2.62 bits per heavy atom. The van der Waals surface area contributed by atoms with Crippen LogP contribution in [0.2, 0.25) is 0 Å². The summed E-state index contributed by atoms with van der Waals surface area (Å²) < 4.78 is 11.4. The zero-order valence-corrected chi connectivity index (χ0v) is 18.3. The third kappa shape index (κ3) is 6.59. The molecule has 0 amide bonds. The molecule has 1 aliphatic heterocycles. The molecule has 1 aromatic rings. The van der Waals surface area contributed by atoms with Crippen LogP contribution in [0.4, 0.5) is 0 Å². The number of aliphatic imine (C=N–C) groups is 1. The highest BCUT2D eigenvalue weighted by Crippen LogP contribution is 2.31. The number of benzene rings is 1. The molecule has 1 saturated heterocycles. The summed E-state index contributed by atoms with van der Waals surface area (Å²) in [7, 11) is 1.76. The summed E-state index contributed by atoms with van der Waals surface area (Å²) in [6.07, 6.45) is 1.71. The molecule has 1 heterocycles. The van der Waals surface area contributed by atoms with Crippen molar-refractivity contribution in [3.63, 3.8) is 0 Å². The second kappa shape index (κ2) is 11.6. The standard InChI is InChI=1S/C19H31N3O3.HI/c1-15-5-4-6-16(2)17(15)25-12-9-21-18(20-3)22-13-19(7-10-23)8-11-24-14-19;/h4-6,23H,7-14H2,1-3H3,(H2,20,21,22);1H. The van der Waals surface area contributed by atoms with Crippen molar-refractivity contribution in [3.05, 3.63) is 29.3 Å². The van der Waals surface area contributed by atoms with Crippen molar-refractivity contribution in [2.75, 3.05) is 46.6 Å². The molecule has 1 atom stereocenters. The summed E-state index contributed by atoms with van der Waals surface area (Å²) in [6.45, 7) is 7.71.